The van der Waals surface area contributed by atoms with Gasteiger partial charge >= 0.3 is 0 Å². The monoisotopic (exact) mass is 203 g/mol. The summed E-state index contributed by atoms with van der Waals surface area (Å²) < 4.78 is 0. The lowest BCUT2D eigenvalue weighted by molar-refractivity contribution is 0.226. The van der Waals surface area contributed by atoms with Crippen LogP contribution in [-0.4, -0.2) is 6.04 Å². The summed E-state index contributed by atoms with van der Waals surface area (Å²) in [5.74, 6) is 0.923. The van der Waals surface area contributed by atoms with Crippen LogP contribution >= 0.6 is 0 Å². The number of hydrogen-bond donors (Lipinski definition) is 1. The Morgan fingerprint density at radius 1 is 1.27 bits per heavy atom. The standard InChI is InChI=1S/C14H21N/c1-10-8-13(9-10)15-12(3)14-7-5-4-6-11(14)2/h4-7,10,12-13,15H,8-9H2,1-3H3/t10?,12-,13?/m1/s1. The maximum Gasteiger partial charge on any atom is 0.0296 e. The summed E-state index contributed by atoms with van der Waals surface area (Å²) in [5.41, 5.74) is 2.84. The fraction of sp³-hybridized carbons (Fsp3) is 0.571. The molecule has 1 aromatic rings. The second kappa shape index (κ2) is 4.36. The molecular weight excluding hydrogens is 182 g/mol. The molecule has 1 aliphatic carbocycles. The van der Waals surface area contributed by atoms with Gasteiger partial charge in [-0.3, -0.25) is 0 Å². The van der Waals surface area contributed by atoms with Crippen molar-refractivity contribution >= 4 is 0 Å². The first-order valence-corrected chi connectivity index (χ1v) is 5.98. The molecule has 82 valence electrons. The Kier molecular flexibility index (Phi) is 3.11. The van der Waals surface area contributed by atoms with Crippen LogP contribution in [0.15, 0.2) is 24.3 Å². The summed E-state index contributed by atoms with van der Waals surface area (Å²) in [6.45, 7) is 6.79. The minimum atomic E-state index is 0.490. The molecule has 0 spiro atoms. The van der Waals surface area contributed by atoms with Crippen molar-refractivity contribution in [2.75, 3.05) is 0 Å². The van der Waals surface area contributed by atoms with Gasteiger partial charge in [-0.1, -0.05) is 31.2 Å². The Balaban J connectivity index is 1.96. The van der Waals surface area contributed by atoms with Crippen LogP contribution in [0.25, 0.3) is 0 Å². The summed E-state index contributed by atoms with van der Waals surface area (Å²) in [4.78, 5) is 0. The van der Waals surface area contributed by atoms with E-state index < -0.39 is 0 Å². The third-order valence-electron chi connectivity index (χ3n) is 3.51. The van der Waals surface area contributed by atoms with Crippen molar-refractivity contribution in [3.63, 3.8) is 0 Å². The van der Waals surface area contributed by atoms with Crippen molar-refractivity contribution < 1.29 is 0 Å². The van der Waals surface area contributed by atoms with Crippen LogP contribution in [0.2, 0.25) is 0 Å². The van der Waals surface area contributed by atoms with Gasteiger partial charge < -0.3 is 5.32 Å². The number of rotatable bonds is 3. The molecule has 1 fully saturated rings. The summed E-state index contributed by atoms with van der Waals surface area (Å²) in [6, 6.07) is 9.89. The molecule has 0 saturated heterocycles. The first kappa shape index (κ1) is 10.7. The van der Waals surface area contributed by atoms with E-state index in [1.165, 1.54) is 24.0 Å². The van der Waals surface area contributed by atoms with Gasteiger partial charge in [0.15, 0.2) is 0 Å². The van der Waals surface area contributed by atoms with Gasteiger partial charge in [-0.25, -0.2) is 0 Å². The Hall–Kier alpha value is -0.820. The molecule has 0 bridgehead atoms. The predicted molar refractivity (Wildman–Crippen MR) is 64.9 cm³/mol. The maximum absolute atomic E-state index is 3.70. The second-order valence-electron chi connectivity index (χ2n) is 5.02. The summed E-state index contributed by atoms with van der Waals surface area (Å²) in [6.07, 6.45) is 2.69. The Morgan fingerprint density at radius 3 is 2.53 bits per heavy atom. The van der Waals surface area contributed by atoms with Crippen LogP contribution in [0.4, 0.5) is 0 Å². The van der Waals surface area contributed by atoms with Crippen LogP contribution in [-0.2, 0) is 0 Å². The zero-order valence-electron chi connectivity index (χ0n) is 9.96. The van der Waals surface area contributed by atoms with Gasteiger partial charge in [0.1, 0.15) is 0 Å². The van der Waals surface area contributed by atoms with E-state index >= 15 is 0 Å². The second-order valence-corrected chi connectivity index (χ2v) is 5.02. The highest BCUT2D eigenvalue weighted by atomic mass is 15.0. The molecule has 1 nitrogen and oxygen atoms in total. The number of hydrogen-bond acceptors (Lipinski definition) is 1. The molecule has 0 radical (unpaired) electrons. The lowest BCUT2D eigenvalue weighted by Crippen LogP contribution is -2.41. The highest BCUT2D eigenvalue weighted by molar-refractivity contribution is 5.28. The maximum atomic E-state index is 3.70. The minimum absolute atomic E-state index is 0.490. The molecule has 2 rings (SSSR count). The normalized spacial score (nSPS) is 27.1. The summed E-state index contributed by atoms with van der Waals surface area (Å²) in [7, 11) is 0. The van der Waals surface area contributed by atoms with Gasteiger partial charge in [-0.15, -0.1) is 0 Å². The quantitative estimate of drug-likeness (QED) is 0.793. The van der Waals surface area contributed by atoms with E-state index in [4.69, 9.17) is 0 Å². The highest BCUT2D eigenvalue weighted by Crippen LogP contribution is 2.29. The Labute approximate surface area is 92.9 Å². The van der Waals surface area contributed by atoms with E-state index in [1.54, 1.807) is 0 Å². The van der Waals surface area contributed by atoms with Gasteiger partial charge in [0.25, 0.3) is 0 Å². The molecular formula is C14H21N. The van der Waals surface area contributed by atoms with Crippen LogP contribution < -0.4 is 5.32 Å². The van der Waals surface area contributed by atoms with E-state index in [0.717, 1.165) is 12.0 Å². The van der Waals surface area contributed by atoms with E-state index in [9.17, 15) is 0 Å². The van der Waals surface area contributed by atoms with E-state index in [-0.39, 0.29) is 0 Å². The van der Waals surface area contributed by atoms with Gasteiger partial charge in [0.2, 0.25) is 0 Å². The molecule has 0 heterocycles. The molecule has 0 amide bonds. The van der Waals surface area contributed by atoms with Crippen LogP contribution in [0, 0.1) is 12.8 Å². The molecule has 1 aliphatic rings. The van der Waals surface area contributed by atoms with Crippen molar-refractivity contribution in [3.05, 3.63) is 35.4 Å². The van der Waals surface area contributed by atoms with Crippen LogP contribution in [0.1, 0.15) is 43.9 Å². The molecule has 15 heavy (non-hydrogen) atoms. The van der Waals surface area contributed by atoms with Crippen molar-refractivity contribution in [2.24, 2.45) is 5.92 Å². The number of benzene rings is 1. The molecule has 0 unspecified atom stereocenters. The lowest BCUT2D eigenvalue weighted by atomic mass is 9.81. The van der Waals surface area contributed by atoms with Crippen molar-refractivity contribution in [1.82, 2.24) is 5.32 Å². The molecule has 1 saturated carbocycles. The molecule has 1 N–H and O–H groups in total. The fourth-order valence-corrected chi connectivity index (χ4v) is 2.55. The van der Waals surface area contributed by atoms with Gasteiger partial charge in [-0.2, -0.15) is 0 Å². The third kappa shape index (κ3) is 2.40. The first-order valence-electron chi connectivity index (χ1n) is 5.98. The molecule has 1 atom stereocenters. The number of aryl methyl sites for hydroxylation is 1. The fourth-order valence-electron chi connectivity index (χ4n) is 2.55. The Morgan fingerprint density at radius 2 is 1.93 bits per heavy atom. The number of nitrogens with one attached hydrogen (secondary N) is 1. The van der Waals surface area contributed by atoms with Crippen molar-refractivity contribution in [1.29, 1.82) is 0 Å². The van der Waals surface area contributed by atoms with Gasteiger partial charge in [0.05, 0.1) is 0 Å². The van der Waals surface area contributed by atoms with Crippen molar-refractivity contribution in [3.8, 4) is 0 Å². The van der Waals surface area contributed by atoms with Crippen LogP contribution in [0.5, 0.6) is 0 Å². The predicted octanol–water partition coefficient (Wildman–Crippen LogP) is 3.44. The average Bonchev–Trinajstić information content (AvgIpc) is 2.16. The smallest absolute Gasteiger partial charge is 0.0296 e. The zero-order chi connectivity index (χ0) is 10.8. The molecule has 1 heteroatoms. The summed E-state index contributed by atoms with van der Waals surface area (Å²) >= 11 is 0. The Bertz CT molecular complexity index is 326. The largest absolute Gasteiger partial charge is 0.307 e. The van der Waals surface area contributed by atoms with Gasteiger partial charge in [-0.05, 0) is 43.7 Å². The zero-order valence-corrected chi connectivity index (χ0v) is 9.96. The summed E-state index contributed by atoms with van der Waals surface area (Å²) in [5, 5.41) is 3.70. The first-order chi connectivity index (χ1) is 7.16. The average molecular weight is 203 g/mol. The van der Waals surface area contributed by atoms with E-state index in [1.807, 2.05) is 0 Å². The van der Waals surface area contributed by atoms with Crippen molar-refractivity contribution in [2.45, 2.75) is 45.7 Å². The molecule has 0 aliphatic heterocycles. The minimum Gasteiger partial charge on any atom is -0.307 e. The lowest BCUT2D eigenvalue weighted by Gasteiger charge is -2.36. The van der Waals surface area contributed by atoms with Crippen LogP contribution in [0.3, 0.4) is 0 Å². The molecule has 0 aromatic heterocycles. The topological polar surface area (TPSA) is 12.0 Å². The highest BCUT2D eigenvalue weighted by Gasteiger charge is 2.26. The van der Waals surface area contributed by atoms with E-state index in [0.29, 0.717) is 6.04 Å². The van der Waals surface area contributed by atoms with Gasteiger partial charge in [0, 0.05) is 12.1 Å². The SMILES string of the molecule is Cc1ccccc1[C@@H](C)NC1CC(C)C1. The molecule has 1 aromatic carbocycles. The van der Waals surface area contributed by atoms with E-state index in [2.05, 4.69) is 50.4 Å². The third-order valence-corrected chi connectivity index (χ3v) is 3.51.